The fraction of sp³-hybridized carbons (Fsp3) is 0.458. The van der Waals surface area contributed by atoms with Crippen LogP contribution >= 0.6 is 0 Å². The topological polar surface area (TPSA) is 52.3 Å². The molecule has 4 aliphatic rings. The minimum absolute atomic E-state index is 0.0898. The third kappa shape index (κ3) is 3.70. The summed E-state index contributed by atoms with van der Waals surface area (Å²) in [5.41, 5.74) is 10.4. The standard InChI is InChI=1S/C24H28FNO2/c1-16-5-4-7-21(23(16)25)20-6-2-3-8-22(20)28-19-10-9-17-11-12-24(26,15-27)14-18(17)13-19/h3,5,8-9,13,15,19H,2,4,6-7,10-12,14,26H2,1H3. The number of aldehydes is 1. The highest BCUT2D eigenvalue weighted by Crippen LogP contribution is 2.40. The van der Waals surface area contributed by atoms with Crippen molar-refractivity contribution < 1.29 is 13.9 Å². The Balaban J connectivity index is 1.59. The molecule has 0 amide bonds. The number of hydrogen-bond donors (Lipinski definition) is 1. The molecular formula is C24H28FNO2. The molecule has 0 bridgehead atoms. The van der Waals surface area contributed by atoms with Gasteiger partial charge in [0.05, 0.1) is 5.54 Å². The number of halogens is 1. The van der Waals surface area contributed by atoms with E-state index in [0.29, 0.717) is 12.8 Å². The van der Waals surface area contributed by atoms with E-state index in [4.69, 9.17) is 10.5 Å². The Labute approximate surface area is 166 Å². The molecule has 28 heavy (non-hydrogen) atoms. The molecule has 0 aromatic rings. The second-order valence-corrected chi connectivity index (χ2v) is 8.34. The average Bonchev–Trinajstić information content (AvgIpc) is 2.70. The van der Waals surface area contributed by atoms with Gasteiger partial charge >= 0.3 is 0 Å². The highest BCUT2D eigenvalue weighted by Gasteiger charge is 2.33. The van der Waals surface area contributed by atoms with Gasteiger partial charge < -0.3 is 15.3 Å². The van der Waals surface area contributed by atoms with Crippen LogP contribution in [0.5, 0.6) is 0 Å². The summed E-state index contributed by atoms with van der Waals surface area (Å²) in [6, 6.07) is 0. The maximum Gasteiger partial charge on any atom is 0.140 e. The van der Waals surface area contributed by atoms with E-state index in [-0.39, 0.29) is 11.9 Å². The van der Waals surface area contributed by atoms with Crippen molar-refractivity contribution in [2.45, 2.75) is 69.9 Å². The monoisotopic (exact) mass is 381 g/mol. The van der Waals surface area contributed by atoms with Gasteiger partial charge in [-0.2, -0.15) is 0 Å². The van der Waals surface area contributed by atoms with Crippen molar-refractivity contribution in [1.82, 2.24) is 0 Å². The van der Waals surface area contributed by atoms with E-state index in [1.165, 1.54) is 5.57 Å². The fourth-order valence-electron chi connectivity index (χ4n) is 4.59. The second-order valence-electron chi connectivity index (χ2n) is 8.34. The molecule has 1 fully saturated rings. The molecule has 0 radical (unpaired) electrons. The lowest BCUT2D eigenvalue weighted by molar-refractivity contribution is -0.112. The van der Waals surface area contributed by atoms with E-state index in [9.17, 15) is 9.18 Å². The lowest BCUT2D eigenvalue weighted by Crippen LogP contribution is -2.44. The molecule has 0 aromatic carbocycles. The predicted molar refractivity (Wildman–Crippen MR) is 109 cm³/mol. The van der Waals surface area contributed by atoms with Gasteiger partial charge in [0.25, 0.3) is 0 Å². The van der Waals surface area contributed by atoms with Gasteiger partial charge in [0.15, 0.2) is 0 Å². The van der Waals surface area contributed by atoms with E-state index in [0.717, 1.165) is 72.9 Å². The molecule has 0 aliphatic heterocycles. The number of ether oxygens (including phenoxy) is 1. The van der Waals surface area contributed by atoms with Crippen LogP contribution in [0, 0.1) is 0 Å². The van der Waals surface area contributed by atoms with Gasteiger partial charge in [0, 0.05) is 12.0 Å². The van der Waals surface area contributed by atoms with Crippen LogP contribution in [0.25, 0.3) is 0 Å². The van der Waals surface area contributed by atoms with Crippen molar-refractivity contribution in [3.8, 4) is 0 Å². The van der Waals surface area contributed by atoms with Crippen LogP contribution in [-0.4, -0.2) is 17.9 Å². The summed E-state index contributed by atoms with van der Waals surface area (Å²) in [4.78, 5) is 11.4. The van der Waals surface area contributed by atoms with Crippen LogP contribution in [0.4, 0.5) is 4.39 Å². The Kier molecular flexibility index (Phi) is 5.24. The lowest BCUT2D eigenvalue weighted by Gasteiger charge is -2.34. The Morgan fingerprint density at radius 2 is 2.00 bits per heavy atom. The number of fused-ring (bicyclic) bond motifs is 1. The van der Waals surface area contributed by atoms with Crippen molar-refractivity contribution in [2.24, 2.45) is 5.73 Å². The zero-order valence-electron chi connectivity index (χ0n) is 16.5. The first kappa shape index (κ1) is 19.1. The average molecular weight is 381 g/mol. The van der Waals surface area contributed by atoms with Crippen LogP contribution in [0.15, 0.2) is 69.8 Å². The quantitative estimate of drug-likeness (QED) is 0.675. The van der Waals surface area contributed by atoms with E-state index < -0.39 is 5.54 Å². The minimum atomic E-state index is -0.764. The fourth-order valence-corrected chi connectivity index (χ4v) is 4.59. The molecule has 2 atom stereocenters. The van der Waals surface area contributed by atoms with Crippen molar-refractivity contribution in [3.63, 3.8) is 0 Å². The van der Waals surface area contributed by atoms with Gasteiger partial charge in [-0.15, -0.1) is 0 Å². The molecule has 0 heterocycles. The zero-order chi connectivity index (χ0) is 19.7. The smallest absolute Gasteiger partial charge is 0.140 e. The number of rotatable bonds is 4. The normalized spacial score (nSPS) is 30.4. The summed E-state index contributed by atoms with van der Waals surface area (Å²) in [7, 11) is 0. The molecule has 2 unspecified atom stereocenters. The van der Waals surface area contributed by atoms with E-state index in [1.807, 2.05) is 19.1 Å². The summed E-state index contributed by atoms with van der Waals surface area (Å²) in [6.45, 7) is 1.83. The molecule has 1 saturated carbocycles. The molecule has 4 rings (SSSR count). The van der Waals surface area contributed by atoms with E-state index in [1.54, 1.807) is 0 Å². The van der Waals surface area contributed by atoms with Gasteiger partial charge in [-0.3, -0.25) is 0 Å². The molecule has 0 spiro atoms. The van der Waals surface area contributed by atoms with Crippen LogP contribution in [-0.2, 0) is 9.53 Å². The molecule has 0 aromatic heterocycles. The Morgan fingerprint density at radius 3 is 2.82 bits per heavy atom. The number of carbonyl (C=O) groups is 1. The largest absolute Gasteiger partial charge is 0.486 e. The van der Waals surface area contributed by atoms with Crippen LogP contribution < -0.4 is 5.73 Å². The van der Waals surface area contributed by atoms with Crippen molar-refractivity contribution in [1.29, 1.82) is 0 Å². The summed E-state index contributed by atoms with van der Waals surface area (Å²) >= 11 is 0. The van der Waals surface area contributed by atoms with Crippen LogP contribution in [0.3, 0.4) is 0 Å². The van der Waals surface area contributed by atoms with Gasteiger partial charge in [0.1, 0.15) is 24.0 Å². The Hall–Kier alpha value is -2.20. The van der Waals surface area contributed by atoms with Gasteiger partial charge in [-0.05, 0) is 86.3 Å². The summed E-state index contributed by atoms with van der Waals surface area (Å²) in [5, 5.41) is 0. The van der Waals surface area contributed by atoms with Crippen molar-refractivity contribution in [3.05, 3.63) is 69.8 Å². The van der Waals surface area contributed by atoms with Crippen LogP contribution in [0.1, 0.15) is 58.3 Å². The highest BCUT2D eigenvalue weighted by atomic mass is 19.1. The van der Waals surface area contributed by atoms with Gasteiger partial charge in [-0.1, -0.05) is 18.2 Å². The summed E-state index contributed by atoms with van der Waals surface area (Å²) < 4.78 is 21.1. The Bertz CT molecular complexity index is 871. The Morgan fingerprint density at radius 1 is 1.18 bits per heavy atom. The first-order valence-corrected chi connectivity index (χ1v) is 10.3. The van der Waals surface area contributed by atoms with Gasteiger partial charge in [0.2, 0.25) is 0 Å². The second kappa shape index (κ2) is 7.67. The third-order valence-electron chi connectivity index (χ3n) is 6.24. The van der Waals surface area contributed by atoms with Crippen molar-refractivity contribution >= 4 is 6.29 Å². The molecule has 2 N–H and O–H groups in total. The molecule has 0 saturated heterocycles. The number of nitrogens with two attached hydrogens (primary N) is 1. The third-order valence-corrected chi connectivity index (χ3v) is 6.24. The SMILES string of the molecule is CC1=CCCC(C2=C(OC3C=C4CC(N)(C=O)CCC4=CC3)C=CCC2)=C1F. The number of allylic oxidation sites excluding steroid dienone is 8. The summed E-state index contributed by atoms with van der Waals surface area (Å²) in [6.07, 6.45) is 17.4. The van der Waals surface area contributed by atoms with E-state index in [2.05, 4.69) is 18.2 Å². The molecule has 148 valence electrons. The van der Waals surface area contributed by atoms with Crippen molar-refractivity contribution in [2.75, 3.05) is 0 Å². The van der Waals surface area contributed by atoms with E-state index >= 15 is 0 Å². The molecule has 4 aliphatic carbocycles. The minimum Gasteiger partial charge on any atom is -0.486 e. The first-order chi connectivity index (χ1) is 13.5. The van der Waals surface area contributed by atoms with Crippen LogP contribution in [0.2, 0.25) is 0 Å². The molecular weight excluding hydrogens is 353 g/mol. The molecule has 3 nitrogen and oxygen atoms in total. The number of hydrogen-bond acceptors (Lipinski definition) is 3. The predicted octanol–water partition coefficient (Wildman–Crippen LogP) is 5.28. The summed E-state index contributed by atoms with van der Waals surface area (Å²) in [5.74, 6) is 0.697. The first-order valence-electron chi connectivity index (χ1n) is 10.3. The molecule has 4 heteroatoms. The number of carbonyl (C=O) groups excluding carboxylic acids is 1. The highest BCUT2D eigenvalue weighted by molar-refractivity contribution is 5.66. The maximum atomic E-state index is 14.8. The van der Waals surface area contributed by atoms with Gasteiger partial charge in [-0.25, -0.2) is 4.39 Å². The lowest BCUT2D eigenvalue weighted by atomic mass is 9.75. The zero-order valence-corrected chi connectivity index (χ0v) is 16.5. The maximum absolute atomic E-state index is 14.8.